The minimum absolute atomic E-state index is 1.26. The van der Waals surface area contributed by atoms with Crippen LogP contribution in [0.15, 0.2) is 153 Å². The molecule has 0 fully saturated rings. The zero-order valence-corrected chi connectivity index (χ0v) is 21.2. The van der Waals surface area contributed by atoms with Crippen molar-refractivity contribution < 1.29 is 0 Å². The summed E-state index contributed by atoms with van der Waals surface area (Å²) in [5.74, 6) is 0. The molecule has 0 atom stereocenters. The van der Waals surface area contributed by atoms with Crippen molar-refractivity contribution in [1.29, 1.82) is 0 Å². The number of hydrogen-bond donors (Lipinski definition) is 0. The van der Waals surface area contributed by atoms with Crippen LogP contribution in [-0.2, 0) is 0 Å². The summed E-state index contributed by atoms with van der Waals surface area (Å²) in [7, 11) is 0. The van der Waals surface area contributed by atoms with Crippen LogP contribution < -0.4 is 0 Å². The van der Waals surface area contributed by atoms with E-state index in [1.165, 1.54) is 62.7 Å². The van der Waals surface area contributed by atoms with Gasteiger partial charge in [0.05, 0.1) is 0 Å². The highest BCUT2D eigenvalue weighted by atomic mass is 32.2. The van der Waals surface area contributed by atoms with Crippen molar-refractivity contribution in [2.45, 2.75) is 19.6 Å². The van der Waals surface area contributed by atoms with Gasteiger partial charge < -0.3 is 0 Å². The Morgan fingerprint density at radius 1 is 0.278 bits per heavy atom. The average Bonchev–Trinajstić information content (AvgIpc) is 2.94. The monoisotopic (exact) mass is 494 g/mol. The van der Waals surface area contributed by atoms with E-state index in [0.29, 0.717) is 0 Å². The molecule has 0 N–H and O–H groups in total. The molecule has 2 heteroatoms. The third-order valence-corrected chi connectivity index (χ3v) is 8.88. The first-order valence-electron chi connectivity index (χ1n) is 12.1. The fraction of sp³-hybridized carbons (Fsp3) is 0. The van der Waals surface area contributed by atoms with Gasteiger partial charge in [0.2, 0.25) is 0 Å². The van der Waals surface area contributed by atoms with Crippen molar-refractivity contribution in [3.05, 3.63) is 133 Å². The van der Waals surface area contributed by atoms with Gasteiger partial charge in [-0.3, -0.25) is 0 Å². The molecule has 0 nitrogen and oxygen atoms in total. The standard InChI is InChI=1S/C34H22S2/c1-3-11-23(12-4-1)35-33-21-31-27(25-15-7-9-17-29(25)33)19-20-28-26-16-8-10-18-30(26)34(22-32(28)31)36-24-13-5-2-6-14-24/h1-22H. The highest BCUT2D eigenvalue weighted by Crippen LogP contribution is 2.44. The number of hydrogen-bond acceptors (Lipinski definition) is 2. The molecule has 0 radical (unpaired) electrons. The van der Waals surface area contributed by atoms with E-state index in [0.717, 1.165) is 0 Å². The molecule has 0 saturated heterocycles. The largest absolute Gasteiger partial charge is 0.0894 e. The second-order valence-corrected chi connectivity index (χ2v) is 11.2. The van der Waals surface area contributed by atoms with Crippen LogP contribution in [0, 0.1) is 0 Å². The summed E-state index contributed by atoms with van der Waals surface area (Å²) >= 11 is 3.69. The van der Waals surface area contributed by atoms with Gasteiger partial charge in [-0.2, -0.15) is 0 Å². The highest BCUT2D eigenvalue weighted by Gasteiger charge is 2.14. The Kier molecular flexibility index (Phi) is 5.42. The van der Waals surface area contributed by atoms with E-state index in [2.05, 4.69) is 133 Å². The van der Waals surface area contributed by atoms with Gasteiger partial charge in [0, 0.05) is 19.6 Å². The van der Waals surface area contributed by atoms with E-state index in [-0.39, 0.29) is 0 Å². The lowest BCUT2D eigenvalue weighted by Crippen LogP contribution is -1.87. The molecule has 0 heterocycles. The van der Waals surface area contributed by atoms with Gasteiger partial charge in [-0.1, -0.05) is 121 Å². The van der Waals surface area contributed by atoms with Crippen LogP contribution in [0.1, 0.15) is 0 Å². The molecule has 0 saturated carbocycles. The summed E-state index contributed by atoms with van der Waals surface area (Å²) in [5, 5.41) is 10.5. The average molecular weight is 495 g/mol. The van der Waals surface area contributed by atoms with Gasteiger partial charge in [-0.05, 0) is 79.5 Å². The minimum Gasteiger partial charge on any atom is -0.0894 e. The van der Waals surface area contributed by atoms with E-state index < -0.39 is 0 Å². The Balaban J connectivity index is 1.55. The SMILES string of the molecule is c1ccc(Sc2cc3c(ccc4c5ccccc5c(Sc5ccccc5)cc43)c3ccccc23)cc1. The van der Waals surface area contributed by atoms with Gasteiger partial charge in [0.25, 0.3) is 0 Å². The minimum atomic E-state index is 1.26. The van der Waals surface area contributed by atoms with Crippen LogP contribution in [0.5, 0.6) is 0 Å². The van der Waals surface area contributed by atoms with Crippen LogP contribution in [0.25, 0.3) is 43.1 Å². The zero-order chi connectivity index (χ0) is 23.9. The molecule has 36 heavy (non-hydrogen) atoms. The molecule has 7 rings (SSSR count). The van der Waals surface area contributed by atoms with E-state index in [4.69, 9.17) is 0 Å². The van der Waals surface area contributed by atoms with Gasteiger partial charge in [-0.25, -0.2) is 0 Å². The molecule has 0 aliphatic carbocycles. The summed E-state index contributed by atoms with van der Waals surface area (Å²) in [6.07, 6.45) is 0. The van der Waals surface area contributed by atoms with Gasteiger partial charge in [0.15, 0.2) is 0 Å². The summed E-state index contributed by atoms with van der Waals surface area (Å²) < 4.78 is 0. The quantitative estimate of drug-likeness (QED) is 0.223. The Morgan fingerprint density at radius 3 is 1.03 bits per heavy atom. The maximum absolute atomic E-state index is 2.41. The lowest BCUT2D eigenvalue weighted by Gasteiger charge is -2.15. The van der Waals surface area contributed by atoms with Gasteiger partial charge >= 0.3 is 0 Å². The van der Waals surface area contributed by atoms with Crippen LogP contribution in [0.4, 0.5) is 0 Å². The summed E-state index contributed by atoms with van der Waals surface area (Å²) in [4.78, 5) is 5.10. The van der Waals surface area contributed by atoms with Crippen LogP contribution in [-0.4, -0.2) is 0 Å². The van der Waals surface area contributed by atoms with Crippen LogP contribution >= 0.6 is 23.5 Å². The molecule has 0 bridgehead atoms. The summed E-state index contributed by atoms with van der Waals surface area (Å²) in [5.41, 5.74) is 0. The number of benzene rings is 7. The second-order valence-electron chi connectivity index (χ2n) is 8.93. The molecule has 0 aromatic heterocycles. The van der Waals surface area contributed by atoms with Crippen LogP contribution in [0.2, 0.25) is 0 Å². The number of rotatable bonds is 4. The van der Waals surface area contributed by atoms with Crippen molar-refractivity contribution in [3.8, 4) is 0 Å². The summed E-state index contributed by atoms with van der Waals surface area (Å²) in [6, 6.07) is 48.4. The topological polar surface area (TPSA) is 0 Å². The fourth-order valence-corrected chi connectivity index (χ4v) is 7.12. The number of fused-ring (bicyclic) bond motifs is 7. The molecule has 7 aromatic carbocycles. The Hall–Kier alpha value is -3.72. The molecule has 0 spiro atoms. The van der Waals surface area contributed by atoms with Crippen molar-refractivity contribution in [1.82, 2.24) is 0 Å². The van der Waals surface area contributed by atoms with Crippen LogP contribution in [0.3, 0.4) is 0 Å². The summed E-state index contributed by atoms with van der Waals surface area (Å²) in [6.45, 7) is 0. The second kappa shape index (κ2) is 9.05. The molecule has 0 amide bonds. The molecular weight excluding hydrogens is 473 g/mol. The molecule has 170 valence electrons. The predicted octanol–water partition coefficient (Wildman–Crippen LogP) is 10.6. The molecule has 0 aliphatic heterocycles. The van der Waals surface area contributed by atoms with Gasteiger partial charge in [-0.15, -0.1) is 0 Å². The third kappa shape index (κ3) is 3.74. The zero-order valence-electron chi connectivity index (χ0n) is 19.5. The molecule has 7 aromatic rings. The van der Waals surface area contributed by atoms with Crippen molar-refractivity contribution in [2.24, 2.45) is 0 Å². The smallest absolute Gasteiger partial charge is 0.0207 e. The van der Waals surface area contributed by atoms with E-state index in [1.54, 1.807) is 0 Å². The van der Waals surface area contributed by atoms with E-state index >= 15 is 0 Å². The maximum Gasteiger partial charge on any atom is 0.0207 e. The first-order valence-corrected chi connectivity index (χ1v) is 13.7. The van der Waals surface area contributed by atoms with Crippen molar-refractivity contribution in [3.63, 3.8) is 0 Å². The molecule has 0 unspecified atom stereocenters. The Morgan fingerprint density at radius 2 is 0.611 bits per heavy atom. The first kappa shape index (κ1) is 21.6. The normalized spacial score (nSPS) is 11.6. The lowest BCUT2D eigenvalue weighted by molar-refractivity contribution is 1.44. The van der Waals surface area contributed by atoms with E-state index in [1.807, 2.05) is 23.5 Å². The highest BCUT2D eigenvalue weighted by molar-refractivity contribution is 7.99. The predicted molar refractivity (Wildman–Crippen MR) is 158 cm³/mol. The molecular formula is C34H22S2. The van der Waals surface area contributed by atoms with Crippen molar-refractivity contribution in [2.75, 3.05) is 0 Å². The lowest BCUT2D eigenvalue weighted by atomic mass is 9.94. The van der Waals surface area contributed by atoms with Gasteiger partial charge in [0.1, 0.15) is 0 Å². The fourth-order valence-electron chi connectivity index (χ4n) is 5.10. The maximum atomic E-state index is 2.41. The Labute approximate surface area is 219 Å². The molecule has 0 aliphatic rings. The van der Waals surface area contributed by atoms with E-state index in [9.17, 15) is 0 Å². The van der Waals surface area contributed by atoms with Crippen molar-refractivity contribution >= 4 is 66.6 Å². The first-order chi connectivity index (χ1) is 17.8. The third-order valence-electron chi connectivity index (χ3n) is 6.75. The Bertz CT molecular complexity index is 1730.